The molecule has 0 radical (unpaired) electrons. The number of amides is 1. The van der Waals surface area contributed by atoms with Crippen LogP contribution in [-0.4, -0.2) is 49.9 Å². The van der Waals surface area contributed by atoms with Crippen molar-refractivity contribution in [3.05, 3.63) is 59.8 Å². The van der Waals surface area contributed by atoms with Gasteiger partial charge in [-0.2, -0.15) is 4.31 Å². The molecule has 2 aromatic carbocycles. The topological polar surface area (TPSA) is 91.5 Å². The zero-order valence-corrected chi connectivity index (χ0v) is 16.3. The number of ether oxygens (including phenoxy) is 1. The Morgan fingerprint density at radius 1 is 1.14 bits per heavy atom. The normalized spacial score (nSPS) is 15.6. The number of anilines is 1. The molecule has 0 saturated carbocycles. The highest BCUT2D eigenvalue weighted by Gasteiger charge is 2.28. The number of morpholine rings is 1. The summed E-state index contributed by atoms with van der Waals surface area (Å²) in [7, 11) is -3.64. The van der Waals surface area contributed by atoms with E-state index >= 15 is 0 Å². The third-order valence-corrected chi connectivity index (χ3v) is 6.91. The molecule has 0 atom stereocenters. The number of para-hydroxylation sites is 1. The van der Waals surface area contributed by atoms with Crippen molar-refractivity contribution in [1.82, 2.24) is 9.29 Å². The van der Waals surface area contributed by atoms with Gasteiger partial charge in [-0.3, -0.25) is 4.79 Å². The van der Waals surface area contributed by atoms with Crippen LogP contribution < -0.4 is 5.32 Å². The van der Waals surface area contributed by atoms with Crippen LogP contribution in [0.5, 0.6) is 0 Å². The number of nitrogens with zero attached hydrogens (tertiary/aromatic N) is 1. The molecule has 2 N–H and O–H groups in total. The standard InChI is InChI=1S/C20H21N3O4S/c1-14-6-7-15(12-19(14)28(25,26)23-8-10-27-11-9-23)22-20(24)17-13-21-18-5-3-2-4-16(17)18/h2-7,12-13,21H,8-11H2,1H3,(H,22,24). The number of carbonyl (C=O) groups is 1. The van der Waals surface area contributed by atoms with Crippen LogP contribution in [0.1, 0.15) is 15.9 Å². The number of nitrogens with one attached hydrogen (secondary N) is 2. The van der Waals surface area contributed by atoms with Gasteiger partial charge in [-0.1, -0.05) is 24.3 Å². The van der Waals surface area contributed by atoms with Gasteiger partial charge in [-0.15, -0.1) is 0 Å². The molecule has 0 bridgehead atoms. The first-order valence-corrected chi connectivity index (χ1v) is 10.5. The van der Waals surface area contributed by atoms with Crippen LogP contribution in [0.25, 0.3) is 10.9 Å². The molecule has 0 aliphatic carbocycles. The first kappa shape index (κ1) is 18.7. The Morgan fingerprint density at radius 2 is 1.89 bits per heavy atom. The number of rotatable bonds is 4. The number of carbonyl (C=O) groups excluding carboxylic acids is 1. The largest absolute Gasteiger partial charge is 0.379 e. The van der Waals surface area contributed by atoms with Crippen LogP contribution in [0.3, 0.4) is 0 Å². The average molecular weight is 399 g/mol. The van der Waals surface area contributed by atoms with Crippen molar-refractivity contribution < 1.29 is 17.9 Å². The predicted octanol–water partition coefficient (Wildman–Crippen LogP) is 2.75. The van der Waals surface area contributed by atoms with Gasteiger partial charge in [0.15, 0.2) is 0 Å². The Bertz CT molecular complexity index is 1130. The quantitative estimate of drug-likeness (QED) is 0.706. The zero-order valence-electron chi connectivity index (χ0n) is 15.4. The summed E-state index contributed by atoms with van der Waals surface area (Å²) < 4.78 is 32.7. The lowest BCUT2D eigenvalue weighted by molar-refractivity contribution is 0.0730. The van der Waals surface area contributed by atoms with Crippen LogP contribution in [0.4, 0.5) is 5.69 Å². The minimum atomic E-state index is -3.64. The molecule has 1 aliphatic heterocycles. The average Bonchev–Trinajstić information content (AvgIpc) is 3.14. The van der Waals surface area contributed by atoms with E-state index in [1.807, 2.05) is 24.3 Å². The summed E-state index contributed by atoms with van der Waals surface area (Å²) in [5, 5.41) is 3.63. The van der Waals surface area contributed by atoms with Gasteiger partial charge in [-0.05, 0) is 30.7 Å². The summed E-state index contributed by atoms with van der Waals surface area (Å²) in [4.78, 5) is 16.0. The third kappa shape index (κ3) is 3.42. The van der Waals surface area contributed by atoms with Gasteiger partial charge in [-0.25, -0.2) is 8.42 Å². The Morgan fingerprint density at radius 3 is 2.68 bits per heavy atom. The predicted molar refractivity (Wildman–Crippen MR) is 107 cm³/mol. The van der Waals surface area contributed by atoms with Gasteiger partial charge >= 0.3 is 0 Å². The maximum atomic E-state index is 13.0. The monoisotopic (exact) mass is 399 g/mol. The van der Waals surface area contributed by atoms with E-state index in [0.717, 1.165) is 10.9 Å². The lowest BCUT2D eigenvalue weighted by Gasteiger charge is -2.26. The van der Waals surface area contributed by atoms with E-state index in [4.69, 9.17) is 4.74 Å². The molecule has 3 aromatic rings. The maximum Gasteiger partial charge on any atom is 0.257 e. The fraction of sp³-hybridized carbons (Fsp3) is 0.250. The highest BCUT2D eigenvalue weighted by atomic mass is 32.2. The number of aryl methyl sites for hydroxylation is 1. The van der Waals surface area contributed by atoms with Gasteiger partial charge in [0.25, 0.3) is 5.91 Å². The Balaban J connectivity index is 1.63. The molecule has 1 amide bonds. The summed E-state index contributed by atoms with van der Waals surface area (Å²) in [6, 6.07) is 12.5. The number of fused-ring (bicyclic) bond motifs is 1. The summed E-state index contributed by atoms with van der Waals surface area (Å²) in [6.45, 7) is 3.17. The summed E-state index contributed by atoms with van der Waals surface area (Å²) in [6.07, 6.45) is 1.65. The molecular weight excluding hydrogens is 378 g/mol. The van der Waals surface area contributed by atoms with Crippen molar-refractivity contribution in [2.75, 3.05) is 31.6 Å². The van der Waals surface area contributed by atoms with Gasteiger partial charge in [0.05, 0.1) is 23.7 Å². The molecule has 4 rings (SSSR count). The number of aromatic amines is 1. The fourth-order valence-electron chi connectivity index (χ4n) is 3.34. The third-order valence-electron chi connectivity index (χ3n) is 4.87. The Hall–Kier alpha value is -2.68. The number of hydrogen-bond donors (Lipinski definition) is 2. The smallest absolute Gasteiger partial charge is 0.257 e. The zero-order chi connectivity index (χ0) is 19.7. The molecule has 0 unspecified atom stereocenters. The van der Waals surface area contributed by atoms with Crippen molar-refractivity contribution in [2.45, 2.75) is 11.8 Å². The molecular formula is C20H21N3O4S. The van der Waals surface area contributed by atoms with E-state index in [1.165, 1.54) is 10.4 Å². The van der Waals surface area contributed by atoms with Crippen molar-refractivity contribution in [1.29, 1.82) is 0 Å². The van der Waals surface area contributed by atoms with Crippen LogP contribution in [0, 0.1) is 6.92 Å². The van der Waals surface area contributed by atoms with E-state index in [0.29, 0.717) is 43.1 Å². The molecule has 8 heteroatoms. The lowest BCUT2D eigenvalue weighted by Crippen LogP contribution is -2.40. The second kappa shape index (κ2) is 7.38. The highest BCUT2D eigenvalue weighted by molar-refractivity contribution is 7.89. The minimum Gasteiger partial charge on any atom is -0.379 e. The lowest BCUT2D eigenvalue weighted by atomic mass is 10.1. The van der Waals surface area contributed by atoms with Crippen LogP contribution >= 0.6 is 0 Å². The van der Waals surface area contributed by atoms with Crippen LogP contribution in [0.15, 0.2) is 53.6 Å². The molecule has 1 fully saturated rings. The van der Waals surface area contributed by atoms with Gasteiger partial charge in [0.1, 0.15) is 0 Å². The van der Waals surface area contributed by atoms with E-state index in [1.54, 1.807) is 25.3 Å². The molecule has 1 aliphatic rings. The number of aromatic nitrogens is 1. The van der Waals surface area contributed by atoms with Gasteiger partial charge in [0.2, 0.25) is 10.0 Å². The number of H-pyrrole nitrogens is 1. The number of benzene rings is 2. The van der Waals surface area contributed by atoms with Crippen LogP contribution in [-0.2, 0) is 14.8 Å². The first-order chi connectivity index (χ1) is 13.5. The Labute approximate surface area is 163 Å². The van der Waals surface area contributed by atoms with Crippen molar-refractivity contribution >= 4 is 32.5 Å². The first-order valence-electron chi connectivity index (χ1n) is 9.03. The molecule has 28 heavy (non-hydrogen) atoms. The van der Waals surface area contributed by atoms with E-state index in [2.05, 4.69) is 10.3 Å². The number of sulfonamides is 1. The van der Waals surface area contributed by atoms with Crippen LogP contribution in [0.2, 0.25) is 0 Å². The van der Waals surface area contributed by atoms with Crippen molar-refractivity contribution in [3.8, 4) is 0 Å². The van der Waals surface area contributed by atoms with Crippen molar-refractivity contribution in [2.24, 2.45) is 0 Å². The summed E-state index contributed by atoms with van der Waals surface area (Å²) in [5.74, 6) is -0.295. The molecule has 0 spiro atoms. The number of hydrogen-bond acceptors (Lipinski definition) is 4. The molecule has 1 aromatic heterocycles. The molecule has 146 valence electrons. The molecule has 7 nitrogen and oxygen atoms in total. The molecule has 2 heterocycles. The minimum absolute atomic E-state index is 0.200. The van der Waals surface area contributed by atoms with Crippen molar-refractivity contribution in [3.63, 3.8) is 0 Å². The van der Waals surface area contributed by atoms with Gasteiger partial charge in [0, 0.05) is 35.9 Å². The van der Waals surface area contributed by atoms with Gasteiger partial charge < -0.3 is 15.0 Å². The summed E-state index contributed by atoms with van der Waals surface area (Å²) >= 11 is 0. The maximum absolute atomic E-state index is 13.0. The summed E-state index contributed by atoms with van der Waals surface area (Å²) in [5.41, 5.74) is 2.45. The second-order valence-electron chi connectivity index (χ2n) is 6.70. The fourth-order valence-corrected chi connectivity index (χ4v) is 5.00. The van der Waals surface area contributed by atoms with E-state index < -0.39 is 10.0 Å². The highest BCUT2D eigenvalue weighted by Crippen LogP contribution is 2.25. The SMILES string of the molecule is Cc1ccc(NC(=O)c2c[nH]c3ccccc23)cc1S(=O)(=O)N1CCOCC1. The van der Waals surface area contributed by atoms with E-state index in [-0.39, 0.29) is 10.8 Å². The molecule has 1 saturated heterocycles. The van der Waals surface area contributed by atoms with E-state index in [9.17, 15) is 13.2 Å². The second-order valence-corrected chi connectivity index (χ2v) is 8.61. The Kier molecular flexibility index (Phi) is 4.92.